The number of alkyl halides is 4. The lowest BCUT2D eigenvalue weighted by Gasteiger charge is -2.37. The first-order valence-corrected chi connectivity index (χ1v) is 9.53. The molecule has 0 aromatic carbocycles. The molecule has 5 nitrogen and oxygen atoms in total. The molecule has 0 heterocycles. The average molecular weight is 390 g/mol. The molecule has 0 amide bonds. The van der Waals surface area contributed by atoms with Crippen molar-refractivity contribution >= 4 is 16.1 Å². The van der Waals surface area contributed by atoms with Gasteiger partial charge in [0.1, 0.15) is 6.10 Å². The van der Waals surface area contributed by atoms with Gasteiger partial charge in [0.2, 0.25) is 0 Å². The van der Waals surface area contributed by atoms with Crippen molar-refractivity contribution in [1.29, 1.82) is 0 Å². The largest absolute Gasteiger partial charge is 0.462 e. The van der Waals surface area contributed by atoms with Crippen LogP contribution in [0.4, 0.5) is 17.6 Å². The van der Waals surface area contributed by atoms with Crippen LogP contribution in [0.1, 0.15) is 46.5 Å². The Morgan fingerprint density at radius 3 is 2.16 bits per heavy atom. The van der Waals surface area contributed by atoms with Gasteiger partial charge in [-0.2, -0.15) is 26.0 Å². The van der Waals surface area contributed by atoms with Crippen molar-refractivity contribution in [2.24, 2.45) is 23.2 Å². The molecule has 2 aliphatic carbocycles. The van der Waals surface area contributed by atoms with Crippen LogP contribution >= 0.6 is 0 Å². The zero-order valence-corrected chi connectivity index (χ0v) is 15.0. The number of hydrogen-bond acceptors (Lipinski definition) is 4. The van der Waals surface area contributed by atoms with Crippen LogP contribution in [0.25, 0.3) is 0 Å². The molecule has 0 aromatic heterocycles. The van der Waals surface area contributed by atoms with Gasteiger partial charge in [0.25, 0.3) is 0 Å². The standard InChI is InChI=1S/C15H22F4O5S/c1-4-13(2,3)12(20)24-11-7-8-5-9(11)10(6-8)14(16,17)15(18,19)25(21,22)23/h8-11H,4-7H2,1-3H3,(H,21,22,23). The first kappa shape index (κ1) is 20.4. The minimum absolute atomic E-state index is 0.159. The molecule has 0 aliphatic heterocycles. The van der Waals surface area contributed by atoms with Crippen molar-refractivity contribution < 1.29 is 40.1 Å². The minimum atomic E-state index is -6.27. The van der Waals surface area contributed by atoms with Gasteiger partial charge < -0.3 is 4.74 Å². The van der Waals surface area contributed by atoms with Crippen LogP contribution < -0.4 is 0 Å². The zero-order chi connectivity index (χ0) is 19.4. The molecule has 0 spiro atoms. The molecular formula is C15H22F4O5S. The van der Waals surface area contributed by atoms with Crippen LogP contribution in [0.5, 0.6) is 0 Å². The molecule has 0 radical (unpaired) electrons. The van der Waals surface area contributed by atoms with Gasteiger partial charge in [0.15, 0.2) is 0 Å². The van der Waals surface area contributed by atoms with Crippen LogP contribution in [-0.4, -0.2) is 36.2 Å². The Bertz CT molecular complexity index is 646. The van der Waals surface area contributed by atoms with Crippen molar-refractivity contribution in [2.45, 2.75) is 63.7 Å². The van der Waals surface area contributed by atoms with Gasteiger partial charge in [-0.1, -0.05) is 6.92 Å². The first-order valence-electron chi connectivity index (χ1n) is 8.09. The fraction of sp³-hybridized carbons (Fsp3) is 0.933. The summed E-state index contributed by atoms with van der Waals surface area (Å²) in [6.45, 7) is 5.01. The lowest BCUT2D eigenvalue weighted by atomic mass is 9.81. The predicted octanol–water partition coefficient (Wildman–Crippen LogP) is 3.50. The molecule has 2 aliphatic rings. The maximum atomic E-state index is 14.2. The molecule has 4 atom stereocenters. The van der Waals surface area contributed by atoms with E-state index < -0.39 is 50.6 Å². The van der Waals surface area contributed by atoms with Gasteiger partial charge in [-0.3, -0.25) is 9.35 Å². The van der Waals surface area contributed by atoms with E-state index >= 15 is 0 Å². The van der Waals surface area contributed by atoms with Crippen LogP contribution in [-0.2, 0) is 19.6 Å². The molecule has 25 heavy (non-hydrogen) atoms. The Balaban J connectivity index is 2.22. The van der Waals surface area contributed by atoms with E-state index in [-0.39, 0.29) is 18.8 Å². The van der Waals surface area contributed by atoms with Gasteiger partial charge in [-0.25, -0.2) is 0 Å². The molecular weight excluding hydrogens is 368 g/mol. The van der Waals surface area contributed by atoms with Crippen molar-refractivity contribution in [3.05, 3.63) is 0 Å². The molecule has 2 saturated carbocycles. The number of halogens is 4. The maximum Gasteiger partial charge on any atom is 0.431 e. The summed E-state index contributed by atoms with van der Waals surface area (Å²) >= 11 is 0. The smallest absolute Gasteiger partial charge is 0.431 e. The summed E-state index contributed by atoms with van der Waals surface area (Å²) in [5, 5.41) is -5.59. The Labute approximate surface area is 143 Å². The first-order chi connectivity index (χ1) is 11.1. The Kier molecular flexibility index (Phi) is 4.96. The fourth-order valence-corrected chi connectivity index (χ4v) is 4.16. The molecule has 1 N–H and O–H groups in total. The van der Waals surface area contributed by atoms with Crippen LogP contribution in [0.2, 0.25) is 0 Å². The van der Waals surface area contributed by atoms with E-state index in [0.29, 0.717) is 12.8 Å². The third-order valence-electron chi connectivity index (χ3n) is 5.63. The minimum Gasteiger partial charge on any atom is -0.462 e. The maximum absolute atomic E-state index is 14.2. The predicted molar refractivity (Wildman–Crippen MR) is 79.7 cm³/mol. The van der Waals surface area contributed by atoms with E-state index in [1.165, 1.54) is 0 Å². The van der Waals surface area contributed by atoms with E-state index in [2.05, 4.69) is 0 Å². The molecule has 0 aromatic rings. The third-order valence-corrected chi connectivity index (χ3v) is 6.55. The van der Waals surface area contributed by atoms with Gasteiger partial charge in [0, 0.05) is 11.8 Å². The van der Waals surface area contributed by atoms with Gasteiger partial charge in [0.05, 0.1) is 5.41 Å². The molecule has 4 unspecified atom stereocenters. The number of esters is 1. The van der Waals surface area contributed by atoms with E-state index in [1.54, 1.807) is 20.8 Å². The number of carbonyl (C=O) groups is 1. The second-order valence-electron chi connectivity index (χ2n) is 7.64. The average Bonchev–Trinajstić information content (AvgIpc) is 3.05. The summed E-state index contributed by atoms with van der Waals surface area (Å²) in [5.74, 6) is -8.95. The highest BCUT2D eigenvalue weighted by atomic mass is 32.2. The fourth-order valence-electron chi connectivity index (χ4n) is 3.67. The Morgan fingerprint density at radius 1 is 1.16 bits per heavy atom. The number of fused-ring (bicyclic) bond motifs is 2. The number of hydrogen-bond donors (Lipinski definition) is 1. The van der Waals surface area contributed by atoms with E-state index in [4.69, 9.17) is 9.29 Å². The summed E-state index contributed by atoms with van der Waals surface area (Å²) in [5.41, 5.74) is -0.835. The van der Waals surface area contributed by atoms with Gasteiger partial charge in [-0.15, -0.1) is 0 Å². The van der Waals surface area contributed by atoms with Crippen molar-refractivity contribution in [3.63, 3.8) is 0 Å². The SMILES string of the molecule is CCC(C)(C)C(=O)OC1CC2CC1C(C(F)(F)C(F)(F)S(=O)(=O)O)C2. The summed E-state index contributed by atoms with van der Waals surface area (Å²) in [6, 6.07) is 0. The van der Waals surface area contributed by atoms with Crippen LogP contribution in [0.15, 0.2) is 0 Å². The molecule has 10 heteroatoms. The van der Waals surface area contributed by atoms with Crippen molar-refractivity contribution in [1.82, 2.24) is 0 Å². The van der Waals surface area contributed by atoms with Gasteiger partial charge in [-0.05, 0) is 45.4 Å². The summed E-state index contributed by atoms with van der Waals surface area (Å²) in [7, 11) is -6.27. The van der Waals surface area contributed by atoms with Crippen molar-refractivity contribution in [2.75, 3.05) is 0 Å². The number of carbonyl (C=O) groups excluding carboxylic acids is 1. The lowest BCUT2D eigenvalue weighted by Crippen LogP contribution is -2.54. The third kappa shape index (κ3) is 3.27. The van der Waals surface area contributed by atoms with E-state index in [0.717, 1.165) is 0 Å². The normalized spacial score (nSPS) is 30.6. The zero-order valence-electron chi connectivity index (χ0n) is 14.1. The van der Waals surface area contributed by atoms with E-state index in [9.17, 15) is 30.8 Å². The lowest BCUT2D eigenvalue weighted by molar-refractivity contribution is -0.213. The second kappa shape index (κ2) is 6.07. The van der Waals surface area contributed by atoms with Crippen LogP contribution in [0.3, 0.4) is 0 Å². The summed E-state index contributed by atoms with van der Waals surface area (Å²) in [4.78, 5) is 12.1. The summed E-state index contributed by atoms with van der Waals surface area (Å²) in [6.07, 6.45) is -0.349. The molecule has 2 bridgehead atoms. The molecule has 146 valence electrons. The Hall–Kier alpha value is -0.900. The second-order valence-corrected chi connectivity index (χ2v) is 9.10. The highest BCUT2D eigenvalue weighted by molar-refractivity contribution is 7.87. The highest BCUT2D eigenvalue weighted by Crippen LogP contribution is 2.59. The number of rotatable bonds is 6. The topological polar surface area (TPSA) is 80.7 Å². The van der Waals surface area contributed by atoms with Gasteiger partial charge >= 0.3 is 27.3 Å². The molecule has 0 saturated heterocycles. The molecule has 2 fully saturated rings. The van der Waals surface area contributed by atoms with E-state index in [1.807, 2.05) is 0 Å². The quantitative estimate of drug-likeness (QED) is 0.427. The number of ether oxygens (including phenoxy) is 1. The summed E-state index contributed by atoms with van der Waals surface area (Å²) < 4.78 is 91.0. The monoisotopic (exact) mass is 390 g/mol. The Morgan fingerprint density at radius 2 is 1.72 bits per heavy atom. The molecule has 2 rings (SSSR count). The van der Waals surface area contributed by atoms with Crippen LogP contribution in [0, 0.1) is 23.2 Å². The highest BCUT2D eigenvalue weighted by Gasteiger charge is 2.72. The van der Waals surface area contributed by atoms with Crippen molar-refractivity contribution in [3.8, 4) is 0 Å².